The van der Waals surface area contributed by atoms with Gasteiger partial charge < -0.3 is 15.2 Å². The highest BCUT2D eigenvalue weighted by Crippen LogP contribution is 2.47. The average Bonchev–Trinajstić information content (AvgIpc) is 2.86. The summed E-state index contributed by atoms with van der Waals surface area (Å²) in [5.41, 5.74) is 7.65. The molecule has 0 radical (unpaired) electrons. The Bertz CT molecular complexity index is 1180. The van der Waals surface area contributed by atoms with Crippen LogP contribution in [0.2, 0.25) is 0 Å². The summed E-state index contributed by atoms with van der Waals surface area (Å²) in [7, 11) is 0. The summed E-state index contributed by atoms with van der Waals surface area (Å²) in [6.07, 6.45) is 5.70. The van der Waals surface area contributed by atoms with Crippen molar-refractivity contribution in [3.8, 4) is 33.8 Å². The summed E-state index contributed by atoms with van der Waals surface area (Å²) >= 11 is 0. The number of hydrogen-bond acceptors (Lipinski definition) is 3. The second-order valence-corrected chi connectivity index (χ2v) is 11.6. The van der Waals surface area contributed by atoms with E-state index in [0.717, 1.165) is 48.4 Å². The second-order valence-electron chi connectivity index (χ2n) is 11.6. The first-order valence-electron chi connectivity index (χ1n) is 13.6. The van der Waals surface area contributed by atoms with Gasteiger partial charge in [-0.3, -0.25) is 0 Å². The van der Waals surface area contributed by atoms with Gasteiger partial charge in [0.1, 0.15) is 11.5 Å². The van der Waals surface area contributed by atoms with E-state index in [4.69, 9.17) is 4.74 Å². The van der Waals surface area contributed by atoms with Crippen LogP contribution < -0.4 is 10.1 Å². The molecule has 0 aliphatic heterocycles. The molecule has 4 rings (SSSR count). The Hall–Kier alpha value is -2.78. The van der Waals surface area contributed by atoms with Crippen molar-refractivity contribution in [2.75, 3.05) is 19.7 Å². The van der Waals surface area contributed by atoms with Gasteiger partial charge in [-0.1, -0.05) is 71.0 Å². The zero-order valence-corrected chi connectivity index (χ0v) is 22.8. The molecule has 2 N–H and O–H groups in total. The molecule has 0 heterocycles. The van der Waals surface area contributed by atoms with Crippen LogP contribution in [0, 0.1) is 0 Å². The number of phenols is 1. The van der Waals surface area contributed by atoms with Crippen molar-refractivity contribution in [3.63, 3.8) is 0 Å². The van der Waals surface area contributed by atoms with Gasteiger partial charge in [0.15, 0.2) is 0 Å². The quantitative estimate of drug-likeness (QED) is 0.284. The zero-order chi connectivity index (χ0) is 25.8. The molecular formula is C33H43NO2. The third-order valence-corrected chi connectivity index (χ3v) is 7.76. The maximum Gasteiger partial charge on any atom is 0.127 e. The maximum absolute atomic E-state index is 10.0. The van der Waals surface area contributed by atoms with Gasteiger partial charge in [0, 0.05) is 5.56 Å². The van der Waals surface area contributed by atoms with E-state index in [1.54, 1.807) is 6.07 Å². The predicted molar refractivity (Wildman–Crippen MR) is 152 cm³/mol. The number of rotatable bonds is 10. The lowest BCUT2D eigenvalue weighted by Gasteiger charge is -2.42. The number of fused-ring (bicyclic) bond motifs is 1. The third-order valence-electron chi connectivity index (χ3n) is 7.76. The average molecular weight is 486 g/mol. The summed E-state index contributed by atoms with van der Waals surface area (Å²) in [5.74, 6) is 1.21. The fourth-order valence-electron chi connectivity index (χ4n) is 5.34. The van der Waals surface area contributed by atoms with Crippen LogP contribution in [-0.2, 0) is 10.8 Å². The van der Waals surface area contributed by atoms with Crippen molar-refractivity contribution in [2.24, 2.45) is 0 Å². The molecular weight excluding hydrogens is 442 g/mol. The normalized spacial score (nSPS) is 15.9. The van der Waals surface area contributed by atoms with Gasteiger partial charge in [0.25, 0.3) is 0 Å². The lowest BCUT2D eigenvalue weighted by molar-refractivity contribution is 0.307. The van der Waals surface area contributed by atoms with Crippen LogP contribution in [0.15, 0.2) is 60.7 Å². The van der Waals surface area contributed by atoms with Gasteiger partial charge >= 0.3 is 0 Å². The van der Waals surface area contributed by atoms with Crippen molar-refractivity contribution in [3.05, 3.63) is 71.8 Å². The smallest absolute Gasteiger partial charge is 0.127 e. The largest absolute Gasteiger partial charge is 0.508 e. The van der Waals surface area contributed by atoms with E-state index in [2.05, 4.69) is 76.3 Å². The van der Waals surface area contributed by atoms with Gasteiger partial charge in [-0.25, -0.2) is 0 Å². The molecule has 0 saturated heterocycles. The zero-order valence-electron chi connectivity index (χ0n) is 22.8. The topological polar surface area (TPSA) is 41.5 Å². The van der Waals surface area contributed by atoms with Crippen LogP contribution >= 0.6 is 0 Å². The molecule has 0 bridgehead atoms. The third kappa shape index (κ3) is 5.95. The monoisotopic (exact) mass is 485 g/mol. The molecule has 0 atom stereocenters. The first kappa shape index (κ1) is 26.3. The summed E-state index contributed by atoms with van der Waals surface area (Å²) in [6, 6.07) is 20.9. The van der Waals surface area contributed by atoms with Gasteiger partial charge in [-0.15, -0.1) is 0 Å². The van der Waals surface area contributed by atoms with Crippen molar-refractivity contribution in [1.29, 1.82) is 0 Å². The molecule has 0 unspecified atom stereocenters. The Labute approximate surface area is 217 Å². The van der Waals surface area contributed by atoms with Crippen LogP contribution in [-0.4, -0.2) is 24.8 Å². The molecule has 0 spiro atoms. The van der Waals surface area contributed by atoms with E-state index in [0.29, 0.717) is 6.61 Å². The highest BCUT2D eigenvalue weighted by molar-refractivity contribution is 5.79. The van der Waals surface area contributed by atoms with E-state index in [1.165, 1.54) is 36.0 Å². The number of aromatic hydroxyl groups is 1. The Morgan fingerprint density at radius 2 is 1.50 bits per heavy atom. The molecule has 3 nitrogen and oxygen atoms in total. The molecule has 0 amide bonds. The fourth-order valence-corrected chi connectivity index (χ4v) is 5.34. The SMILES string of the molecule is CCCNCCCCOc1ccc(-c2cccc(O)c2)cc1-c1ccc2c(c1)C(C)(C)CCC2(C)C. The minimum atomic E-state index is 0.149. The number of nitrogens with one attached hydrogen (secondary N) is 1. The molecule has 0 fully saturated rings. The Morgan fingerprint density at radius 1 is 0.778 bits per heavy atom. The summed E-state index contributed by atoms with van der Waals surface area (Å²) < 4.78 is 6.37. The lowest BCUT2D eigenvalue weighted by Crippen LogP contribution is -2.33. The van der Waals surface area contributed by atoms with Crippen LogP contribution in [0.1, 0.15) is 77.8 Å². The molecule has 3 heteroatoms. The Balaban J connectivity index is 1.68. The standard InChI is InChI=1S/C33H43NO2/c1-6-18-34-19-7-8-20-36-31-15-13-25(24-10-9-11-27(35)21-24)22-28(31)26-12-14-29-30(23-26)33(4,5)17-16-32(29,2)3/h9-15,21-23,34-35H,6-8,16-20H2,1-5H3. The van der Waals surface area contributed by atoms with Crippen LogP contribution in [0.25, 0.3) is 22.3 Å². The van der Waals surface area contributed by atoms with E-state index in [9.17, 15) is 5.11 Å². The van der Waals surface area contributed by atoms with Crippen molar-refractivity contribution in [1.82, 2.24) is 5.32 Å². The van der Waals surface area contributed by atoms with E-state index >= 15 is 0 Å². The lowest BCUT2D eigenvalue weighted by atomic mass is 9.63. The van der Waals surface area contributed by atoms with Crippen LogP contribution in [0.5, 0.6) is 11.5 Å². The van der Waals surface area contributed by atoms with Crippen LogP contribution in [0.3, 0.4) is 0 Å². The molecule has 36 heavy (non-hydrogen) atoms. The molecule has 0 saturated carbocycles. The number of ether oxygens (including phenoxy) is 1. The number of unbranched alkanes of at least 4 members (excludes halogenated alkanes) is 1. The van der Waals surface area contributed by atoms with Gasteiger partial charge in [-0.05, 0) is 108 Å². The van der Waals surface area contributed by atoms with E-state index < -0.39 is 0 Å². The van der Waals surface area contributed by atoms with Gasteiger partial charge in [-0.2, -0.15) is 0 Å². The molecule has 0 aromatic heterocycles. The van der Waals surface area contributed by atoms with Crippen LogP contribution in [0.4, 0.5) is 0 Å². The first-order valence-corrected chi connectivity index (χ1v) is 13.6. The molecule has 3 aromatic rings. The number of phenolic OH excluding ortho intramolecular Hbond substituents is 1. The van der Waals surface area contributed by atoms with Crippen molar-refractivity contribution >= 4 is 0 Å². The van der Waals surface area contributed by atoms with Crippen molar-refractivity contribution in [2.45, 2.75) is 77.6 Å². The van der Waals surface area contributed by atoms with Gasteiger partial charge in [0.2, 0.25) is 0 Å². The number of benzene rings is 3. The second kappa shape index (κ2) is 11.1. The Morgan fingerprint density at radius 3 is 2.25 bits per heavy atom. The van der Waals surface area contributed by atoms with E-state index in [1.807, 2.05) is 18.2 Å². The number of hydrogen-bond donors (Lipinski definition) is 2. The minimum Gasteiger partial charge on any atom is -0.508 e. The van der Waals surface area contributed by atoms with E-state index in [-0.39, 0.29) is 16.6 Å². The molecule has 1 aliphatic carbocycles. The molecule has 3 aromatic carbocycles. The highest BCUT2D eigenvalue weighted by atomic mass is 16.5. The molecule has 192 valence electrons. The highest BCUT2D eigenvalue weighted by Gasteiger charge is 2.37. The summed E-state index contributed by atoms with van der Waals surface area (Å²) in [4.78, 5) is 0. The van der Waals surface area contributed by atoms with Gasteiger partial charge in [0.05, 0.1) is 6.61 Å². The minimum absolute atomic E-state index is 0.149. The first-order chi connectivity index (χ1) is 17.2. The Kier molecular flexibility index (Phi) is 8.10. The summed E-state index contributed by atoms with van der Waals surface area (Å²) in [5, 5.41) is 13.5. The fraction of sp³-hybridized carbons (Fsp3) is 0.455. The molecule has 1 aliphatic rings. The van der Waals surface area contributed by atoms with Crippen molar-refractivity contribution < 1.29 is 9.84 Å². The summed E-state index contributed by atoms with van der Waals surface area (Å²) in [6.45, 7) is 14.5. The predicted octanol–water partition coefficient (Wildman–Crippen LogP) is 8.23. The maximum atomic E-state index is 10.0.